The summed E-state index contributed by atoms with van der Waals surface area (Å²) in [6, 6.07) is 12.2. The molecule has 0 spiro atoms. The molecule has 0 fully saturated rings. The number of carbonyl (C=O) groups excluding carboxylic acids is 1. The monoisotopic (exact) mass is 256 g/mol. The van der Waals surface area contributed by atoms with Gasteiger partial charge in [-0.3, -0.25) is 0 Å². The zero-order valence-electron chi connectivity index (χ0n) is 11.1. The number of rotatable bonds is 4. The van der Waals surface area contributed by atoms with Gasteiger partial charge in [0.15, 0.2) is 0 Å². The van der Waals surface area contributed by atoms with E-state index in [0.29, 0.717) is 6.42 Å². The van der Waals surface area contributed by atoms with E-state index in [1.54, 1.807) is 13.2 Å². The zero-order chi connectivity index (χ0) is 13.7. The number of esters is 1. The molecule has 2 aromatic carbocycles. The highest BCUT2D eigenvalue weighted by Gasteiger charge is 1.98. The molecule has 0 radical (unpaired) electrons. The van der Waals surface area contributed by atoms with Gasteiger partial charge in [0, 0.05) is 6.08 Å². The van der Waals surface area contributed by atoms with E-state index in [1.807, 2.05) is 24.3 Å². The van der Waals surface area contributed by atoms with Crippen LogP contribution in [-0.2, 0) is 16.0 Å². The van der Waals surface area contributed by atoms with Gasteiger partial charge in [0.05, 0.1) is 14.2 Å². The summed E-state index contributed by atoms with van der Waals surface area (Å²) in [5, 5.41) is 2.30. The van der Waals surface area contributed by atoms with Crippen LogP contribution in [0.3, 0.4) is 0 Å². The van der Waals surface area contributed by atoms with E-state index >= 15 is 0 Å². The van der Waals surface area contributed by atoms with Crippen molar-refractivity contribution in [3.8, 4) is 5.75 Å². The minimum absolute atomic E-state index is 0.328. The molecule has 0 aliphatic heterocycles. The quantitative estimate of drug-likeness (QED) is 0.623. The molecule has 0 aliphatic rings. The number of fused-ring (bicyclic) bond motifs is 1. The molecule has 0 atom stereocenters. The van der Waals surface area contributed by atoms with Crippen LogP contribution in [0.15, 0.2) is 48.6 Å². The molecule has 0 aromatic heterocycles. The predicted molar refractivity (Wildman–Crippen MR) is 75.4 cm³/mol. The van der Waals surface area contributed by atoms with Crippen molar-refractivity contribution in [1.29, 1.82) is 0 Å². The molecular weight excluding hydrogens is 240 g/mol. The first-order valence-electron chi connectivity index (χ1n) is 6.04. The van der Waals surface area contributed by atoms with Crippen molar-refractivity contribution < 1.29 is 14.3 Å². The Morgan fingerprint density at radius 1 is 1.11 bits per heavy atom. The Morgan fingerprint density at radius 3 is 2.58 bits per heavy atom. The van der Waals surface area contributed by atoms with Crippen molar-refractivity contribution in [1.82, 2.24) is 0 Å². The van der Waals surface area contributed by atoms with E-state index < -0.39 is 0 Å². The van der Waals surface area contributed by atoms with Crippen LogP contribution in [0.1, 0.15) is 5.56 Å². The Morgan fingerprint density at radius 2 is 1.84 bits per heavy atom. The second-order valence-corrected chi connectivity index (χ2v) is 4.18. The molecule has 19 heavy (non-hydrogen) atoms. The van der Waals surface area contributed by atoms with Gasteiger partial charge < -0.3 is 9.47 Å². The fourth-order valence-electron chi connectivity index (χ4n) is 1.89. The molecule has 3 heteroatoms. The summed E-state index contributed by atoms with van der Waals surface area (Å²) >= 11 is 0. The second-order valence-electron chi connectivity index (χ2n) is 4.18. The first kappa shape index (κ1) is 13.1. The second kappa shape index (κ2) is 6.05. The zero-order valence-corrected chi connectivity index (χ0v) is 11.1. The first-order valence-corrected chi connectivity index (χ1v) is 6.04. The van der Waals surface area contributed by atoms with Crippen molar-refractivity contribution in [2.24, 2.45) is 0 Å². The fourth-order valence-corrected chi connectivity index (χ4v) is 1.89. The summed E-state index contributed by atoms with van der Waals surface area (Å²) in [5.74, 6) is 0.524. The lowest BCUT2D eigenvalue weighted by Crippen LogP contribution is -1.94. The minimum atomic E-state index is -0.328. The van der Waals surface area contributed by atoms with E-state index in [9.17, 15) is 4.79 Å². The van der Waals surface area contributed by atoms with Crippen LogP contribution in [0.4, 0.5) is 0 Å². The third kappa shape index (κ3) is 3.35. The summed E-state index contributed by atoms with van der Waals surface area (Å²) < 4.78 is 9.74. The van der Waals surface area contributed by atoms with Gasteiger partial charge in [0.2, 0.25) is 0 Å². The lowest BCUT2D eigenvalue weighted by Gasteiger charge is -2.04. The third-order valence-corrected chi connectivity index (χ3v) is 2.92. The number of methoxy groups -OCH3 is 2. The number of allylic oxidation sites excluding steroid dienone is 1. The molecule has 0 N–H and O–H groups in total. The Bertz CT molecular complexity index is 614. The molecule has 98 valence electrons. The Hall–Kier alpha value is -2.29. The fraction of sp³-hybridized carbons (Fsp3) is 0.188. The molecule has 0 saturated heterocycles. The van der Waals surface area contributed by atoms with E-state index in [4.69, 9.17) is 4.74 Å². The number of hydrogen-bond donors (Lipinski definition) is 0. The average Bonchev–Trinajstić information content (AvgIpc) is 2.46. The topological polar surface area (TPSA) is 35.5 Å². The summed E-state index contributed by atoms with van der Waals surface area (Å²) in [5.41, 5.74) is 1.15. The Kier molecular flexibility index (Phi) is 4.18. The van der Waals surface area contributed by atoms with E-state index in [2.05, 4.69) is 16.9 Å². The number of ether oxygens (including phenoxy) is 2. The standard InChI is InChI=1S/C16H16O3/c1-18-15-9-8-13-10-12(6-7-14(13)11-15)4-3-5-16(17)19-2/h3,5-11H,4H2,1-2H3/b5-3+. The molecule has 0 aliphatic carbocycles. The predicted octanol–water partition coefficient (Wildman–Crippen LogP) is 3.12. The van der Waals surface area contributed by atoms with Gasteiger partial charge in [0.25, 0.3) is 0 Å². The number of hydrogen-bond acceptors (Lipinski definition) is 3. The SMILES string of the molecule is COC(=O)/C=C/Cc1ccc2cc(OC)ccc2c1. The van der Waals surface area contributed by atoms with E-state index in [-0.39, 0.29) is 5.97 Å². The maximum absolute atomic E-state index is 11.0. The lowest BCUT2D eigenvalue weighted by atomic mass is 10.0. The van der Waals surface area contributed by atoms with Crippen molar-refractivity contribution in [3.05, 3.63) is 54.1 Å². The normalized spacial score (nSPS) is 10.8. The molecule has 3 nitrogen and oxygen atoms in total. The van der Waals surface area contributed by atoms with Gasteiger partial charge in [-0.15, -0.1) is 0 Å². The number of benzene rings is 2. The molecule has 0 bridgehead atoms. The van der Waals surface area contributed by atoms with Crippen LogP contribution in [0.5, 0.6) is 5.75 Å². The smallest absolute Gasteiger partial charge is 0.330 e. The molecular formula is C16H16O3. The summed E-state index contributed by atoms with van der Waals surface area (Å²) in [6.07, 6.45) is 3.95. The molecule has 2 rings (SSSR count). The maximum Gasteiger partial charge on any atom is 0.330 e. The molecule has 0 saturated carbocycles. The van der Waals surface area contributed by atoms with Gasteiger partial charge in [0.1, 0.15) is 5.75 Å². The first-order chi connectivity index (χ1) is 9.22. The molecule has 2 aromatic rings. The van der Waals surface area contributed by atoms with Crippen molar-refractivity contribution in [3.63, 3.8) is 0 Å². The molecule has 0 unspecified atom stereocenters. The largest absolute Gasteiger partial charge is 0.497 e. The van der Waals surface area contributed by atoms with Gasteiger partial charge in [-0.25, -0.2) is 4.79 Å². The van der Waals surface area contributed by atoms with Gasteiger partial charge >= 0.3 is 5.97 Å². The van der Waals surface area contributed by atoms with E-state index in [0.717, 1.165) is 22.1 Å². The average molecular weight is 256 g/mol. The highest BCUT2D eigenvalue weighted by atomic mass is 16.5. The van der Waals surface area contributed by atoms with E-state index in [1.165, 1.54) is 13.2 Å². The van der Waals surface area contributed by atoms with Crippen LogP contribution in [0.2, 0.25) is 0 Å². The highest BCUT2D eigenvalue weighted by molar-refractivity contribution is 5.85. The summed E-state index contributed by atoms with van der Waals surface area (Å²) in [4.78, 5) is 11.0. The van der Waals surface area contributed by atoms with Gasteiger partial charge in [-0.05, 0) is 34.9 Å². The number of carbonyl (C=O) groups is 1. The van der Waals surface area contributed by atoms with Gasteiger partial charge in [-0.1, -0.05) is 30.3 Å². The molecule has 0 heterocycles. The lowest BCUT2D eigenvalue weighted by molar-refractivity contribution is -0.134. The summed E-state index contributed by atoms with van der Waals surface area (Å²) in [7, 11) is 3.03. The Balaban J connectivity index is 2.18. The van der Waals surface area contributed by atoms with Crippen molar-refractivity contribution in [2.45, 2.75) is 6.42 Å². The molecule has 0 amide bonds. The van der Waals surface area contributed by atoms with Crippen LogP contribution in [0, 0.1) is 0 Å². The minimum Gasteiger partial charge on any atom is -0.497 e. The Labute approximate surface area is 112 Å². The van der Waals surface area contributed by atoms with Crippen molar-refractivity contribution >= 4 is 16.7 Å². The summed E-state index contributed by atoms with van der Waals surface area (Å²) in [6.45, 7) is 0. The highest BCUT2D eigenvalue weighted by Crippen LogP contribution is 2.22. The third-order valence-electron chi connectivity index (χ3n) is 2.92. The van der Waals surface area contributed by atoms with Gasteiger partial charge in [-0.2, -0.15) is 0 Å². The van der Waals surface area contributed by atoms with Crippen LogP contribution in [0.25, 0.3) is 10.8 Å². The van der Waals surface area contributed by atoms with Crippen LogP contribution < -0.4 is 4.74 Å². The van der Waals surface area contributed by atoms with Crippen LogP contribution >= 0.6 is 0 Å². The van der Waals surface area contributed by atoms with Crippen molar-refractivity contribution in [2.75, 3.05) is 14.2 Å². The van der Waals surface area contributed by atoms with Crippen LogP contribution in [-0.4, -0.2) is 20.2 Å². The maximum atomic E-state index is 11.0.